The van der Waals surface area contributed by atoms with Crippen LogP contribution in [0.25, 0.3) is 0 Å². The first kappa shape index (κ1) is 16.1. The van der Waals surface area contributed by atoms with Crippen molar-refractivity contribution in [1.82, 2.24) is 14.5 Å². The number of rotatable bonds is 8. The van der Waals surface area contributed by atoms with Crippen LogP contribution in [0.4, 0.5) is 0 Å². The molecule has 8 heteroatoms. The minimum atomic E-state index is -3.62. The van der Waals surface area contributed by atoms with Crippen molar-refractivity contribution in [3.8, 4) is 0 Å². The predicted octanol–water partition coefficient (Wildman–Crippen LogP) is 0.224. The summed E-state index contributed by atoms with van der Waals surface area (Å²) in [6.45, 7) is 7.15. The molecule has 0 saturated heterocycles. The third-order valence-electron chi connectivity index (χ3n) is 2.87. The number of likely N-dealkylation sites (N-methyl/N-ethyl adjacent to an activating group) is 1. The number of nitrogens with zero attached hydrogens (tertiary/aromatic N) is 2. The SMILES string of the molecule is CCOCCN(CC)S(=O)(=O)c1n[nH]c(C)c1CN. The molecule has 0 radical (unpaired) electrons. The van der Waals surface area contributed by atoms with Crippen molar-refractivity contribution in [2.45, 2.75) is 32.3 Å². The summed E-state index contributed by atoms with van der Waals surface area (Å²) < 4.78 is 31.5. The lowest BCUT2D eigenvalue weighted by Gasteiger charge is -2.19. The number of aromatic nitrogens is 2. The van der Waals surface area contributed by atoms with E-state index in [1.807, 2.05) is 6.92 Å². The van der Waals surface area contributed by atoms with Crippen molar-refractivity contribution in [2.75, 3.05) is 26.3 Å². The van der Waals surface area contributed by atoms with E-state index in [4.69, 9.17) is 10.5 Å². The Labute approximate surface area is 114 Å². The molecule has 0 aliphatic heterocycles. The van der Waals surface area contributed by atoms with Gasteiger partial charge in [-0.05, 0) is 13.8 Å². The Bertz CT molecular complexity index is 498. The second-order valence-corrected chi connectivity index (χ2v) is 5.88. The van der Waals surface area contributed by atoms with Crippen molar-refractivity contribution < 1.29 is 13.2 Å². The maximum absolute atomic E-state index is 12.5. The Hall–Kier alpha value is -0.960. The highest BCUT2D eigenvalue weighted by Gasteiger charge is 2.28. The highest BCUT2D eigenvalue weighted by atomic mass is 32.2. The Balaban J connectivity index is 2.99. The van der Waals surface area contributed by atoms with E-state index < -0.39 is 10.0 Å². The van der Waals surface area contributed by atoms with Gasteiger partial charge in [-0.3, -0.25) is 5.10 Å². The summed E-state index contributed by atoms with van der Waals surface area (Å²) in [6.07, 6.45) is 0. The van der Waals surface area contributed by atoms with Gasteiger partial charge in [0.2, 0.25) is 0 Å². The van der Waals surface area contributed by atoms with Crippen LogP contribution in [0.3, 0.4) is 0 Å². The van der Waals surface area contributed by atoms with Crippen LogP contribution in [0.5, 0.6) is 0 Å². The van der Waals surface area contributed by atoms with E-state index in [-0.39, 0.29) is 11.6 Å². The molecule has 0 aliphatic rings. The van der Waals surface area contributed by atoms with Crippen molar-refractivity contribution in [3.63, 3.8) is 0 Å². The van der Waals surface area contributed by atoms with Crippen LogP contribution < -0.4 is 5.73 Å². The van der Waals surface area contributed by atoms with Crippen molar-refractivity contribution in [2.24, 2.45) is 5.73 Å². The fraction of sp³-hybridized carbons (Fsp3) is 0.727. The summed E-state index contributed by atoms with van der Waals surface area (Å²) in [6, 6.07) is 0. The number of nitrogens with one attached hydrogen (secondary N) is 1. The zero-order chi connectivity index (χ0) is 14.5. The first-order valence-corrected chi connectivity index (χ1v) is 7.74. The molecule has 0 atom stereocenters. The molecule has 1 heterocycles. The number of nitrogens with two attached hydrogens (primary N) is 1. The van der Waals surface area contributed by atoms with Crippen LogP contribution in [-0.2, 0) is 21.3 Å². The summed E-state index contributed by atoms with van der Waals surface area (Å²) in [4.78, 5) is 0. The summed E-state index contributed by atoms with van der Waals surface area (Å²) >= 11 is 0. The van der Waals surface area contributed by atoms with E-state index in [1.165, 1.54) is 4.31 Å². The molecule has 3 N–H and O–H groups in total. The molecule has 0 saturated carbocycles. The summed E-state index contributed by atoms with van der Waals surface area (Å²) in [5.41, 5.74) is 6.81. The average Bonchev–Trinajstić information content (AvgIpc) is 2.76. The monoisotopic (exact) mass is 290 g/mol. The molecule has 0 aromatic carbocycles. The molecule has 1 rings (SSSR count). The van der Waals surface area contributed by atoms with E-state index in [0.29, 0.717) is 37.6 Å². The number of ether oxygens (including phenoxy) is 1. The minimum Gasteiger partial charge on any atom is -0.380 e. The van der Waals surface area contributed by atoms with Gasteiger partial charge in [0.05, 0.1) is 6.61 Å². The maximum atomic E-state index is 12.5. The van der Waals surface area contributed by atoms with Crippen LogP contribution in [0.1, 0.15) is 25.1 Å². The van der Waals surface area contributed by atoms with E-state index in [1.54, 1.807) is 13.8 Å². The normalized spacial score (nSPS) is 12.3. The van der Waals surface area contributed by atoms with Crippen molar-refractivity contribution >= 4 is 10.0 Å². The topological polar surface area (TPSA) is 101 Å². The first-order valence-electron chi connectivity index (χ1n) is 6.30. The molecule has 1 aromatic rings. The van der Waals surface area contributed by atoms with E-state index >= 15 is 0 Å². The highest BCUT2D eigenvalue weighted by Crippen LogP contribution is 2.19. The molecule has 0 aliphatic carbocycles. The summed E-state index contributed by atoms with van der Waals surface area (Å²) in [5.74, 6) is 0. The van der Waals surface area contributed by atoms with Gasteiger partial charge in [0.15, 0.2) is 5.03 Å². The van der Waals surface area contributed by atoms with Gasteiger partial charge in [-0.25, -0.2) is 8.42 Å². The number of H-pyrrole nitrogens is 1. The smallest absolute Gasteiger partial charge is 0.262 e. The van der Waals surface area contributed by atoms with E-state index in [0.717, 1.165) is 0 Å². The Kier molecular flexibility index (Phi) is 5.92. The van der Waals surface area contributed by atoms with Gasteiger partial charge >= 0.3 is 0 Å². The molecule has 7 nitrogen and oxygen atoms in total. The van der Waals surface area contributed by atoms with Gasteiger partial charge in [-0.1, -0.05) is 6.92 Å². The van der Waals surface area contributed by atoms with Gasteiger partial charge in [0.25, 0.3) is 10.0 Å². The minimum absolute atomic E-state index is 0.0193. The number of hydrogen-bond donors (Lipinski definition) is 2. The van der Waals surface area contributed by atoms with E-state index in [9.17, 15) is 8.42 Å². The van der Waals surface area contributed by atoms with Crippen LogP contribution in [-0.4, -0.2) is 49.2 Å². The van der Waals surface area contributed by atoms with Gasteiger partial charge in [-0.15, -0.1) is 0 Å². The third-order valence-corrected chi connectivity index (χ3v) is 4.81. The molecular formula is C11H22N4O3S. The molecule has 0 bridgehead atoms. The quantitative estimate of drug-likeness (QED) is 0.667. The lowest BCUT2D eigenvalue weighted by molar-refractivity contribution is 0.135. The fourth-order valence-electron chi connectivity index (χ4n) is 1.76. The standard InChI is InChI=1S/C11H22N4O3S/c1-4-15(6-7-18-5-2)19(16,17)11-10(8-12)9(3)13-14-11/h4-8,12H2,1-3H3,(H,13,14). The molecule has 0 fully saturated rings. The second-order valence-electron chi connectivity index (χ2n) is 4.03. The number of aryl methyl sites for hydroxylation is 1. The molecule has 19 heavy (non-hydrogen) atoms. The van der Waals surface area contributed by atoms with Crippen LogP contribution in [0.15, 0.2) is 5.03 Å². The van der Waals surface area contributed by atoms with Crippen LogP contribution in [0, 0.1) is 6.92 Å². The van der Waals surface area contributed by atoms with Crippen molar-refractivity contribution in [1.29, 1.82) is 0 Å². The highest BCUT2D eigenvalue weighted by molar-refractivity contribution is 7.89. The Morgan fingerprint density at radius 3 is 2.63 bits per heavy atom. The zero-order valence-corrected chi connectivity index (χ0v) is 12.5. The summed E-state index contributed by atoms with van der Waals surface area (Å²) in [7, 11) is -3.62. The van der Waals surface area contributed by atoms with Crippen LogP contribution >= 0.6 is 0 Å². The lowest BCUT2D eigenvalue weighted by atomic mass is 10.3. The van der Waals surface area contributed by atoms with Crippen LogP contribution in [0.2, 0.25) is 0 Å². The van der Waals surface area contributed by atoms with Gasteiger partial charge in [-0.2, -0.15) is 9.40 Å². The Morgan fingerprint density at radius 2 is 2.11 bits per heavy atom. The lowest BCUT2D eigenvalue weighted by Crippen LogP contribution is -2.34. The molecule has 0 spiro atoms. The second kappa shape index (κ2) is 6.99. The van der Waals surface area contributed by atoms with E-state index in [2.05, 4.69) is 10.2 Å². The molecular weight excluding hydrogens is 268 g/mol. The van der Waals surface area contributed by atoms with Gasteiger partial charge in [0.1, 0.15) is 0 Å². The molecule has 0 unspecified atom stereocenters. The Morgan fingerprint density at radius 1 is 1.42 bits per heavy atom. The summed E-state index contributed by atoms with van der Waals surface area (Å²) in [5, 5.41) is 6.57. The number of hydrogen-bond acceptors (Lipinski definition) is 5. The molecule has 0 amide bonds. The molecule has 110 valence electrons. The average molecular weight is 290 g/mol. The maximum Gasteiger partial charge on any atom is 0.262 e. The first-order chi connectivity index (χ1) is 8.98. The number of aromatic amines is 1. The van der Waals surface area contributed by atoms with Crippen molar-refractivity contribution in [3.05, 3.63) is 11.3 Å². The predicted molar refractivity (Wildman–Crippen MR) is 72.1 cm³/mol. The number of sulfonamides is 1. The molecule has 1 aromatic heterocycles. The fourth-order valence-corrected chi connectivity index (χ4v) is 3.37. The zero-order valence-electron chi connectivity index (χ0n) is 11.6. The van der Waals surface area contributed by atoms with Gasteiger partial charge in [0, 0.05) is 37.5 Å². The third kappa shape index (κ3) is 3.53. The largest absolute Gasteiger partial charge is 0.380 e. The van der Waals surface area contributed by atoms with Gasteiger partial charge < -0.3 is 10.5 Å².